The predicted octanol–water partition coefficient (Wildman–Crippen LogP) is 1.32. The Morgan fingerprint density at radius 3 is 2.78 bits per heavy atom. The Kier molecular flexibility index (Phi) is 3.80. The van der Waals surface area contributed by atoms with Gasteiger partial charge in [-0.05, 0) is 11.6 Å². The Bertz CT molecular complexity index is 769. The van der Waals surface area contributed by atoms with E-state index in [-0.39, 0.29) is 11.5 Å². The molecule has 23 heavy (non-hydrogen) atoms. The number of H-pyrrole nitrogens is 1. The molecule has 0 atom stereocenters. The Morgan fingerprint density at radius 2 is 2.13 bits per heavy atom. The average Bonchev–Trinajstić information content (AvgIpc) is 2.47. The number of nitrogen functional groups attached to an aromatic ring is 1. The summed E-state index contributed by atoms with van der Waals surface area (Å²) in [5.74, 6) is 0.0918. The van der Waals surface area contributed by atoms with Crippen molar-refractivity contribution in [3.8, 4) is 0 Å². The first kappa shape index (κ1) is 15.5. The van der Waals surface area contributed by atoms with Crippen LogP contribution in [-0.2, 0) is 25.7 Å². The zero-order chi connectivity index (χ0) is 16.6. The molecule has 0 spiro atoms. The zero-order valence-corrected chi connectivity index (χ0v) is 12.0. The topological polar surface area (TPSA) is 87.9 Å². The van der Waals surface area contributed by atoms with Crippen LogP contribution in [0.4, 0.5) is 19.1 Å². The summed E-state index contributed by atoms with van der Waals surface area (Å²) in [6, 6.07) is 2.36. The lowest BCUT2D eigenvalue weighted by molar-refractivity contribution is -0.141. The van der Waals surface area contributed by atoms with Gasteiger partial charge in [0.1, 0.15) is 5.69 Å². The van der Waals surface area contributed by atoms with Gasteiger partial charge in [0.05, 0.1) is 11.3 Å². The second-order valence-electron chi connectivity index (χ2n) is 5.39. The molecule has 0 aliphatic carbocycles. The molecule has 3 N–H and O–H groups in total. The number of halogens is 3. The highest BCUT2D eigenvalue weighted by Gasteiger charge is 2.32. The quantitative estimate of drug-likeness (QED) is 0.869. The number of aromatic nitrogens is 3. The van der Waals surface area contributed by atoms with Gasteiger partial charge in [-0.2, -0.15) is 13.2 Å². The SMILES string of the molecule is Nc1nc2c(c(=O)[nH]1)CN(Cc1ccc(C(F)(F)F)nc1)CC2. The van der Waals surface area contributed by atoms with Crippen molar-refractivity contribution in [3.05, 3.63) is 51.2 Å². The van der Waals surface area contributed by atoms with Crippen molar-refractivity contribution in [1.29, 1.82) is 0 Å². The third-order valence-corrected chi connectivity index (χ3v) is 3.69. The molecule has 0 amide bonds. The second kappa shape index (κ2) is 5.65. The van der Waals surface area contributed by atoms with E-state index in [1.807, 2.05) is 4.90 Å². The summed E-state index contributed by atoms with van der Waals surface area (Å²) in [6.07, 6.45) is -2.66. The molecule has 6 nitrogen and oxygen atoms in total. The lowest BCUT2D eigenvalue weighted by atomic mass is 10.1. The Hall–Kier alpha value is -2.42. The summed E-state index contributed by atoms with van der Waals surface area (Å²) in [6.45, 7) is 1.43. The van der Waals surface area contributed by atoms with E-state index >= 15 is 0 Å². The van der Waals surface area contributed by atoms with Gasteiger partial charge in [0.25, 0.3) is 5.56 Å². The maximum atomic E-state index is 12.5. The van der Waals surface area contributed by atoms with Crippen LogP contribution >= 0.6 is 0 Å². The molecule has 9 heteroatoms. The largest absolute Gasteiger partial charge is 0.433 e. The van der Waals surface area contributed by atoms with Gasteiger partial charge in [0.2, 0.25) is 5.95 Å². The molecule has 1 aliphatic heterocycles. The van der Waals surface area contributed by atoms with Crippen molar-refractivity contribution in [2.75, 3.05) is 12.3 Å². The summed E-state index contributed by atoms with van der Waals surface area (Å²) >= 11 is 0. The minimum Gasteiger partial charge on any atom is -0.369 e. The molecule has 122 valence electrons. The number of nitrogens with two attached hydrogens (primary N) is 1. The minimum absolute atomic E-state index is 0.0918. The van der Waals surface area contributed by atoms with Crippen molar-refractivity contribution >= 4 is 5.95 Å². The highest BCUT2D eigenvalue weighted by atomic mass is 19.4. The fraction of sp³-hybridized carbons (Fsp3) is 0.357. The molecule has 0 bridgehead atoms. The maximum Gasteiger partial charge on any atom is 0.433 e. The molecule has 3 heterocycles. The van der Waals surface area contributed by atoms with Crippen LogP contribution in [-0.4, -0.2) is 26.4 Å². The second-order valence-corrected chi connectivity index (χ2v) is 5.39. The standard InChI is InChI=1S/C14H14F3N5O/c15-14(16,17)11-2-1-8(5-19-11)6-22-4-3-10-9(7-22)12(23)21-13(18)20-10/h1-2,5H,3-4,6-7H2,(H3,18,20,21,23). The summed E-state index contributed by atoms with van der Waals surface area (Å²) in [7, 11) is 0. The fourth-order valence-corrected chi connectivity index (χ4v) is 2.58. The van der Waals surface area contributed by atoms with Crippen molar-refractivity contribution in [1.82, 2.24) is 19.9 Å². The molecule has 0 aromatic carbocycles. The first-order valence-electron chi connectivity index (χ1n) is 6.95. The van der Waals surface area contributed by atoms with Gasteiger partial charge >= 0.3 is 6.18 Å². The molecular formula is C14H14F3N5O. The number of rotatable bonds is 2. The summed E-state index contributed by atoms with van der Waals surface area (Å²) in [5.41, 5.74) is 6.19. The van der Waals surface area contributed by atoms with Crippen LogP contribution in [0.5, 0.6) is 0 Å². The average molecular weight is 325 g/mol. The first-order valence-corrected chi connectivity index (χ1v) is 6.95. The highest BCUT2D eigenvalue weighted by molar-refractivity contribution is 5.27. The van der Waals surface area contributed by atoms with Crippen LogP contribution < -0.4 is 11.3 Å². The summed E-state index contributed by atoms with van der Waals surface area (Å²) in [4.78, 5) is 23.9. The number of aromatic amines is 1. The number of fused-ring (bicyclic) bond motifs is 1. The van der Waals surface area contributed by atoms with E-state index in [0.717, 1.165) is 6.07 Å². The van der Waals surface area contributed by atoms with Crippen LogP contribution in [0.15, 0.2) is 23.1 Å². The highest BCUT2D eigenvalue weighted by Crippen LogP contribution is 2.27. The van der Waals surface area contributed by atoms with Gasteiger partial charge in [-0.25, -0.2) is 4.98 Å². The Labute approximate surface area is 129 Å². The van der Waals surface area contributed by atoms with Crippen LogP contribution in [0.2, 0.25) is 0 Å². The molecular weight excluding hydrogens is 311 g/mol. The summed E-state index contributed by atoms with van der Waals surface area (Å²) < 4.78 is 37.5. The van der Waals surface area contributed by atoms with E-state index in [2.05, 4.69) is 15.0 Å². The lowest BCUT2D eigenvalue weighted by Crippen LogP contribution is -2.35. The van der Waals surface area contributed by atoms with Crippen LogP contribution in [0.3, 0.4) is 0 Å². The molecule has 1 aliphatic rings. The summed E-state index contributed by atoms with van der Waals surface area (Å²) in [5, 5.41) is 0. The number of hydrogen-bond donors (Lipinski definition) is 2. The Morgan fingerprint density at radius 1 is 1.35 bits per heavy atom. The molecule has 3 rings (SSSR count). The number of anilines is 1. The van der Waals surface area contributed by atoms with Crippen molar-refractivity contribution in [2.45, 2.75) is 25.7 Å². The molecule has 2 aromatic heterocycles. The van der Waals surface area contributed by atoms with E-state index < -0.39 is 11.9 Å². The van der Waals surface area contributed by atoms with Gasteiger partial charge in [0.15, 0.2) is 0 Å². The van der Waals surface area contributed by atoms with E-state index in [1.54, 1.807) is 0 Å². The van der Waals surface area contributed by atoms with Gasteiger partial charge in [-0.3, -0.25) is 19.7 Å². The Balaban J connectivity index is 1.74. The van der Waals surface area contributed by atoms with Crippen LogP contribution in [0, 0.1) is 0 Å². The molecule has 0 saturated heterocycles. The van der Waals surface area contributed by atoms with Gasteiger partial charge in [-0.1, -0.05) is 6.07 Å². The van der Waals surface area contributed by atoms with Crippen molar-refractivity contribution in [3.63, 3.8) is 0 Å². The van der Waals surface area contributed by atoms with Crippen LogP contribution in [0.25, 0.3) is 0 Å². The third-order valence-electron chi connectivity index (χ3n) is 3.69. The number of hydrogen-bond acceptors (Lipinski definition) is 5. The molecule has 2 aromatic rings. The number of nitrogens with zero attached hydrogens (tertiary/aromatic N) is 3. The van der Waals surface area contributed by atoms with Crippen molar-refractivity contribution < 1.29 is 13.2 Å². The maximum absolute atomic E-state index is 12.5. The number of nitrogens with one attached hydrogen (secondary N) is 1. The van der Waals surface area contributed by atoms with Crippen LogP contribution in [0.1, 0.15) is 22.5 Å². The monoisotopic (exact) mass is 325 g/mol. The predicted molar refractivity (Wildman–Crippen MR) is 76.3 cm³/mol. The zero-order valence-electron chi connectivity index (χ0n) is 12.0. The first-order chi connectivity index (χ1) is 10.8. The van der Waals surface area contributed by atoms with E-state index in [4.69, 9.17) is 5.73 Å². The third kappa shape index (κ3) is 3.34. The number of alkyl halides is 3. The lowest BCUT2D eigenvalue weighted by Gasteiger charge is -2.27. The number of pyridine rings is 1. The van der Waals surface area contributed by atoms with Gasteiger partial charge in [0, 0.05) is 32.3 Å². The smallest absolute Gasteiger partial charge is 0.369 e. The fourth-order valence-electron chi connectivity index (χ4n) is 2.58. The minimum atomic E-state index is -4.44. The van der Waals surface area contributed by atoms with Gasteiger partial charge < -0.3 is 5.73 Å². The normalized spacial score (nSPS) is 15.4. The molecule has 0 radical (unpaired) electrons. The molecule has 0 unspecified atom stereocenters. The van der Waals surface area contributed by atoms with E-state index in [0.29, 0.717) is 42.9 Å². The van der Waals surface area contributed by atoms with E-state index in [9.17, 15) is 18.0 Å². The van der Waals surface area contributed by atoms with E-state index in [1.165, 1.54) is 12.3 Å². The van der Waals surface area contributed by atoms with Crippen molar-refractivity contribution in [2.24, 2.45) is 0 Å². The molecule has 0 fully saturated rings. The van der Waals surface area contributed by atoms with Gasteiger partial charge in [-0.15, -0.1) is 0 Å². The molecule has 0 saturated carbocycles.